The van der Waals surface area contributed by atoms with Gasteiger partial charge >= 0.3 is 0 Å². The molecule has 2 aliphatic heterocycles. The van der Waals surface area contributed by atoms with Gasteiger partial charge in [0.2, 0.25) is 14.8 Å². The Morgan fingerprint density at radius 1 is 0.938 bits per heavy atom. The zero-order chi connectivity index (χ0) is 22.8. The van der Waals surface area contributed by atoms with Crippen molar-refractivity contribution in [3.63, 3.8) is 0 Å². The number of anilines is 1. The third-order valence-electron chi connectivity index (χ3n) is 6.32. The summed E-state index contributed by atoms with van der Waals surface area (Å²) in [5.41, 5.74) is 1.28. The summed E-state index contributed by atoms with van der Waals surface area (Å²) in [6.07, 6.45) is 0.0556. The van der Waals surface area contributed by atoms with Gasteiger partial charge in [-0.25, -0.2) is 21.6 Å². The molecule has 0 aromatic heterocycles. The summed E-state index contributed by atoms with van der Waals surface area (Å²) in [6.45, 7) is 3.67. The lowest BCUT2D eigenvalue weighted by atomic mass is 10.1. The molecule has 0 atom stereocenters. The smallest absolute Gasteiger partial charge is 0.217 e. The predicted octanol–water partition coefficient (Wildman–Crippen LogP) is 3.58. The van der Waals surface area contributed by atoms with Crippen LogP contribution in [0.15, 0.2) is 47.4 Å². The van der Waals surface area contributed by atoms with Gasteiger partial charge in [0.15, 0.2) is 0 Å². The molecule has 5 nitrogen and oxygen atoms in total. The zero-order valence-corrected chi connectivity index (χ0v) is 18.6. The normalized spacial score (nSPS) is 19.8. The molecule has 0 saturated carbocycles. The highest BCUT2D eigenvalue weighted by atomic mass is 32.2. The second-order valence-electron chi connectivity index (χ2n) is 8.31. The topological polar surface area (TPSA) is 49.9 Å². The average molecular weight is 469 g/mol. The molecular weight excluding hydrogens is 441 g/mol. The highest BCUT2D eigenvalue weighted by Crippen LogP contribution is 2.37. The number of halogens is 3. The maximum absolute atomic E-state index is 15.6. The number of nitrogens with zero attached hydrogens (tertiary/aromatic N) is 2. The van der Waals surface area contributed by atoms with Gasteiger partial charge in [-0.15, -0.1) is 0 Å². The first-order valence-corrected chi connectivity index (χ1v) is 12.3. The molecular formula is C23H27F3N2O3S. The van der Waals surface area contributed by atoms with E-state index in [4.69, 9.17) is 4.74 Å². The van der Waals surface area contributed by atoms with Gasteiger partial charge in [0.1, 0.15) is 11.6 Å². The van der Waals surface area contributed by atoms with Gasteiger partial charge in [-0.3, -0.25) is 0 Å². The fraction of sp³-hybridized carbons (Fsp3) is 0.478. The number of ether oxygens (including phenoxy) is 1. The molecule has 174 valence electrons. The number of hydrogen-bond donors (Lipinski definition) is 0. The third kappa shape index (κ3) is 4.79. The Balaban J connectivity index is 1.37. The van der Waals surface area contributed by atoms with Crippen LogP contribution in [-0.2, 0) is 21.0 Å². The van der Waals surface area contributed by atoms with E-state index >= 15 is 4.39 Å². The predicted molar refractivity (Wildman–Crippen MR) is 116 cm³/mol. The molecule has 0 bridgehead atoms. The number of alkyl halides is 1. The van der Waals surface area contributed by atoms with Crippen molar-refractivity contribution in [2.75, 3.05) is 50.8 Å². The summed E-state index contributed by atoms with van der Waals surface area (Å²) in [4.78, 5) is 4.00. The SMILES string of the molecule is O=S(=O)(c1ccc(N2CCOCC2)cc1)C1(F)CCN(CCc2ccc(F)cc2F)CC1. The fourth-order valence-corrected chi connectivity index (χ4v) is 5.89. The van der Waals surface area contributed by atoms with E-state index in [0.29, 0.717) is 31.7 Å². The van der Waals surface area contributed by atoms with E-state index in [0.717, 1.165) is 24.8 Å². The lowest BCUT2D eigenvalue weighted by molar-refractivity contribution is 0.120. The van der Waals surface area contributed by atoms with E-state index in [9.17, 15) is 17.2 Å². The van der Waals surface area contributed by atoms with E-state index in [1.165, 1.54) is 24.3 Å². The van der Waals surface area contributed by atoms with Crippen LogP contribution in [0, 0.1) is 11.6 Å². The second-order valence-corrected chi connectivity index (χ2v) is 10.5. The molecule has 0 spiro atoms. The van der Waals surface area contributed by atoms with Gasteiger partial charge in [0.25, 0.3) is 0 Å². The zero-order valence-electron chi connectivity index (χ0n) is 17.8. The number of rotatable bonds is 6. The number of sulfone groups is 1. The molecule has 9 heteroatoms. The first-order chi connectivity index (χ1) is 15.3. The highest BCUT2D eigenvalue weighted by Gasteiger charge is 2.47. The number of likely N-dealkylation sites (tertiary alicyclic amines) is 1. The van der Waals surface area contributed by atoms with Crippen LogP contribution in [0.4, 0.5) is 18.9 Å². The first-order valence-electron chi connectivity index (χ1n) is 10.8. The fourth-order valence-electron chi connectivity index (χ4n) is 4.25. The van der Waals surface area contributed by atoms with E-state index < -0.39 is 26.5 Å². The number of piperidine rings is 1. The van der Waals surface area contributed by atoms with Crippen LogP contribution in [-0.4, -0.2) is 64.3 Å². The van der Waals surface area contributed by atoms with Crippen molar-refractivity contribution in [2.45, 2.75) is 29.2 Å². The van der Waals surface area contributed by atoms with Gasteiger partial charge in [0.05, 0.1) is 18.1 Å². The molecule has 0 N–H and O–H groups in total. The summed E-state index contributed by atoms with van der Waals surface area (Å²) in [5, 5.41) is -2.33. The van der Waals surface area contributed by atoms with Gasteiger partial charge in [-0.05, 0) is 42.3 Å². The lowest BCUT2D eigenvalue weighted by Crippen LogP contribution is -2.46. The van der Waals surface area contributed by atoms with Crippen LogP contribution in [0.25, 0.3) is 0 Å². The molecule has 2 aliphatic rings. The van der Waals surface area contributed by atoms with Crippen molar-refractivity contribution < 1.29 is 26.3 Å². The summed E-state index contributed by atoms with van der Waals surface area (Å²) < 4.78 is 73.9. The second kappa shape index (κ2) is 9.41. The molecule has 0 unspecified atom stereocenters. The van der Waals surface area contributed by atoms with Crippen molar-refractivity contribution in [1.29, 1.82) is 0 Å². The van der Waals surface area contributed by atoms with E-state index in [-0.39, 0.29) is 30.8 Å². The van der Waals surface area contributed by atoms with Crippen molar-refractivity contribution in [3.05, 3.63) is 59.7 Å². The minimum Gasteiger partial charge on any atom is -0.378 e. The van der Waals surface area contributed by atoms with E-state index in [1.807, 2.05) is 4.90 Å². The van der Waals surface area contributed by atoms with E-state index in [2.05, 4.69) is 4.90 Å². The minimum atomic E-state index is -4.15. The quantitative estimate of drug-likeness (QED) is 0.649. The van der Waals surface area contributed by atoms with Crippen LogP contribution in [0.3, 0.4) is 0 Å². The van der Waals surface area contributed by atoms with Gasteiger partial charge in [0, 0.05) is 57.3 Å². The first kappa shape index (κ1) is 23.1. The standard InChI is InChI=1S/C23H27F3N2O3S/c24-19-2-1-18(22(25)17-19)7-10-27-11-8-23(26,9-12-27)32(29,30)21-5-3-20(4-6-21)28-13-15-31-16-14-28/h1-6,17H,7-16H2. The summed E-state index contributed by atoms with van der Waals surface area (Å²) >= 11 is 0. The molecule has 2 aromatic rings. The Hall–Kier alpha value is -2.10. The molecule has 2 heterocycles. The Morgan fingerprint density at radius 2 is 1.59 bits per heavy atom. The van der Waals surface area contributed by atoms with Gasteiger partial charge in [-0.2, -0.15) is 0 Å². The van der Waals surface area contributed by atoms with Crippen LogP contribution in [0.5, 0.6) is 0 Å². The highest BCUT2D eigenvalue weighted by molar-refractivity contribution is 7.92. The molecule has 0 aliphatic carbocycles. The van der Waals surface area contributed by atoms with Crippen LogP contribution in [0.2, 0.25) is 0 Å². The molecule has 2 saturated heterocycles. The molecule has 2 aromatic carbocycles. The molecule has 2 fully saturated rings. The monoisotopic (exact) mass is 468 g/mol. The van der Waals surface area contributed by atoms with Crippen LogP contribution in [0.1, 0.15) is 18.4 Å². The molecule has 4 rings (SSSR count). The van der Waals surface area contributed by atoms with Gasteiger partial charge in [-0.1, -0.05) is 6.07 Å². The van der Waals surface area contributed by atoms with E-state index in [1.54, 1.807) is 12.1 Å². The number of morpholine rings is 1. The Bertz CT molecular complexity index is 1030. The summed E-state index contributed by atoms with van der Waals surface area (Å²) in [7, 11) is -4.15. The van der Waals surface area contributed by atoms with Crippen molar-refractivity contribution in [2.24, 2.45) is 0 Å². The number of hydrogen-bond acceptors (Lipinski definition) is 5. The van der Waals surface area contributed by atoms with Crippen molar-refractivity contribution in [3.8, 4) is 0 Å². The summed E-state index contributed by atoms with van der Waals surface area (Å²) in [5.74, 6) is -1.24. The third-order valence-corrected chi connectivity index (χ3v) is 8.58. The molecule has 32 heavy (non-hydrogen) atoms. The largest absolute Gasteiger partial charge is 0.378 e. The van der Waals surface area contributed by atoms with Gasteiger partial charge < -0.3 is 14.5 Å². The molecule has 0 radical (unpaired) electrons. The minimum absolute atomic E-state index is 0.0150. The maximum atomic E-state index is 15.6. The Labute approximate surface area is 186 Å². The molecule has 0 amide bonds. The van der Waals surface area contributed by atoms with Crippen molar-refractivity contribution >= 4 is 15.5 Å². The maximum Gasteiger partial charge on any atom is 0.217 e. The van der Waals surface area contributed by atoms with Crippen molar-refractivity contribution in [1.82, 2.24) is 4.90 Å². The number of benzene rings is 2. The van der Waals surface area contributed by atoms with Crippen LogP contribution < -0.4 is 4.90 Å². The van der Waals surface area contributed by atoms with Crippen LogP contribution >= 0.6 is 0 Å². The Morgan fingerprint density at radius 3 is 2.22 bits per heavy atom. The lowest BCUT2D eigenvalue weighted by Gasteiger charge is -2.36. The average Bonchev–Trinajstić information content (AvgIpc) is 2.80. The Kier molecular flexibility index (Phi) is 6.78. The summed E-state index contributed by atoms with van der Waals surface area (Å²) in [6, 6.07) is 9.84.